The van der Waals surface area contributed by atoms with Crippen LogP contribution in [-0.4, -0.2) is 11.7 Å². The van der Waals surface area contributed by atoms with Crippen LogP contribution >= 0.6 is 0 Å². The van der Waals surface area contributed by atoms with E-state index >= 15 is 0 Å². The Bertz CT molecular complexity index is 458. The molecule has 0 bridgehead atoms. The Labute approximate surface area is 137 Å². The summed E-state index contributed by atoms with van der Waals surface area (Å²) >= 11 is 0. The van der Waals surface area contributed by atoms with E-state index in [2.05, 4.69) is 39.0 Å². The molecule has 0 spiro atoms. The Kier molecular flexibility index (Phi) is 11.5. The third kappa shape index (κ3) is 8.19. The SMILES string of the molecule is CC.CC1=C(/C=C/C(C)=C/C=C/C(C)=C/CO)C(C)CCC1. The van der Waals surface area contributed by atoms with Gasteiger partial charge in [0.1, 0.15) is 0 Å². The zero-order valence-corrected chi connectivity index (χ0v) is 15.3. The lowest BCUT2D eigenvalue weighted by atomic mass is 9.84. The van der Waals surface area contributed by atoms with Gasteiger partial charge in [-0.25, -0.2) is 0 Å². The summed E-state index contributed by atoms with van der Waals surface area (Å²) in [7, 11) is 0. The van der Waals surface area contributed by atoms with Crippen molar-refractivity contribution in [3.63, 3.8) is 0 Å². The molecule has 1 aliphatic carbocycles. The van der Waals surface area contributed by atoms with Gasteiger partial charge in [0, 0.05) is 0 Å². The van der Waals surface area contributed by atoms with Crippen molar-refractivity contribution in [2.45, 2.75) is 60.8 Å². The predicted molar refractivity (Wildman–Crippen MR) is 99.9 cm³/mol. The highest BCUT2D eigenvalue weighted by molar-refractivity contribution is 5.34. The van der Waals surface area contributed by atoms with Crippen LogP contribution in [0.4, 0.5) is 0 Å². The van der Waals surface area contributed by atoms with E-state index < -0.39 is 0 Å². The standard InChI is InChI=1S/C19H28O.C2H6/c1-15(7-5-8-16(2)13-14-20)11-12-19-17(3)9-6-10-18(19)4;1-2/h5,7-8,11-13,17,20H,6,9-10,14H2,1-4H3;1-2H3/b8-5+,12-11+,15-7+,16-13+;. The summed E-state index contributed by atoms with van der Waals surface area (Å²) < 4.78 is 0. The monoisotopic (exact) mass is 302 g/mol. The van der Waals surface area contributed by atoms with E-state index in [1.807, 2.05) is 32.9 Å². The first-order valence-electron chi connectivity index (χ1n) is 8.55. The summed E-state index contributed by atoms with van der Waals surface area (Å²) in [5.74, 6) is 0.693. The average Bonchev–Trinajstić information content (AvgIpc) is 2.49. The minimum absolute atomic E-state index is 0.101. The first-order valence-corrected chi connectivity index (χ1v) is 8.55. The maximum atomic E-state index is 8.78. The molecule has 1 nitrogen and oxygen atoms in total. The third-order valence-corrected chi connectivity index (χ3v) is 3.87. The molecule has 0 aliphatic heterocycles. The molecule has 0 heterocycles. The zero-order valence-electron chi connectivity index (χ0n) is 15.3. The lowest BCUT2D eigenvalue weighted by Gasteiger charge is -2.22. The Hall–Kier alpha value is -1.34. The molecule has 1 unspecified atom stereocenters. The molecule has 0 aromatic rings. The molecule has 0 saturated heterocycles. The maximum Gasteiger partial charge on any atom is 0.0617 e. The number of hydrogen-bond donors (Lipinski definition) is 1. The summed E-state index contributed by atoms with van der Waals surface area (Å²) in [6.45, 7) is 12.8. The second-order valence-corrected chi connectivity index (χ2v) is 5.76. The summed E-state index contributed by atoms with van der Waals surface area (Å²) in [6.07, 6.45) is 16.3. The van der Waals surface area contributed by atoms with E-state index in [9.17, 15) is 0 Å². The highest BCUT2D eigenvalue weighted by Gasteiger charge is 2.14. The van der Waals surface area contributed by atoms with Gasteiger partial charge in [0.15, 0.2) is 0 Å². The summed E-state index contributed by atoms with van der Waals surface area (Å²) in [4.78, 5) is 0. The molecular weight excluding hydrogens is 268 g/mol. The number of aliphatic hydroxyl groups is 1. The molecule has 1 rings (SSSR count). The average molecular weight is 303 g/mol. The molecule has 22 heavy (non-hydrogen) atoms. The highest BCUT2D eigenvalue weighted by atomic mass is 16.2. The Morgan fingerprint density at radius 1 is 1.18 bits per heavy atom. The number of allylic oxidation sites excluding steroid dienone is 9. The molecule has 0 saturated carbocycles. The van der Waals surface area contributed by atoms with Crippen LogP contribution in [0.1, 0.15) is 60.8 Å². The van der Waals surface area contributed by atoms with E-state index in [4.69, 9.17) is 5.11 Å². The Morgan fingerprint density at radius 3 is 2.45 bits per heavy atom. The first kappa shape index (κ1) is 20.7. The second-order valence-electron chi connectivity index (χ2n) is 5.76. The van der Waals surface area contributed by atoms with Crippen molar-refractivity contribution in [3.05, 3.63) is 58.7 Å². The van der Waals surface area contributed by atoms with Crippen LogP contribution in [-0.2, 0) is 0 Å². The Morgan fingerprint density at radius 2 is 1.86 bits per heavy atom. The van der Waals surface area contributed by atoms with Crippen LogP contribution in [0, 0.1) is 5.92 Å². The summed E-state index contributed by atoms with van der Waals surface area (Å²) in [5, 5.41) is 8.78. The molecule has 0 amide bonds. The summed E-state index contributed by atoms with van der Waals surface area (Å²) in [6, 6.07) is 0. The fourth-order valence-electron chi connectivity index (χ4n) is 2.54. The normalized spacial score (nSPS) is 20.6. The molecule has 0 aromatic heterocycles. The minimum atomic E-state index is 0.101. The van der Waals surface area contributed by atoms with Crippen molar-refractivity contribution >= 4 is 0 Å². The van der Waals surface area contributed by atoms with Crippen molar-refractivity contribution in [3.8, 4) is 0 Å². The molecule has 124 valence electrons. The molecule has 0 aromatic carbocycles. The van der Waals surface area contributed by atoms with Crippen LogP contribution in [0.2, 0.25) is 0 Å². The van der Waals surface area contributed by atoms with Gasteiger partial charge in [0.05, 0.1) is 6.61 Å². The smallest absolute Gasteiger partial charge is 0.0617 e. The fraction of sp³-hybridized carbons (Fsp3) is 0.524. The van der Waals surface area contributed by atoms with Gasteiger partial charge in [0.25, 0.3) is 0 Å². The molecule has 1 aliphatic rings. The maximum absolute atomic E-state index is 8.78. The first-order chi connectivity index (χ1) is 10.5. The second kappa shape index (κ2) is 12.2. The molecule has 1 heteroatoms. The van der Waals surface area contributed by atoms with Crippen molar-refractivity contribution in [1.82, 2.24) is 0 Å². The van der Waals surface area contributed by atoms with Gasteiger partial charge in [-0.15, -0.1) is 0 Å². The van der Waals surface area contributed by atoms with Crippen LogP contribution in [0.3, 0.4) is 0 Å². The Balaban J connectivity index is 0.00000211. The number of rotatable bonds is 5. The van der Waals surface area contributed by atoms with Crippen molar-refractivity contribution in [1.29, 1.82) is 0 Å². The fourth-order valence-corrected chi connectivity index (χ4v) is 2.54. The molecule has 0 radical (unpaired) electrons. The lowest BCUT2D eigenvalue weighted by Crippen LogP contribution is -2.06. The molecule has 1 N–H and O–H groups in total. The largest absolute Gasteiger partial charge is 0.392 e. The highest BCUT2D eigenvalue weighted by Crippen LogP contribution is 2.30. The van der Waals surface area contributed by atoms with Crippen molar-refractivity contribution in [2.75, 3.05) is 6.61 Å². The van der Waals surface area contributed by atoms with E-state index in [-0.39, 0.29) is 6.61 Å². The minimum Gasteiger partial charge on any atom is -0.392 e. The van der Waals surface area contributed by atoms with Gasteiger partial charge < -0.3 is 5.11 Å². The van der Waals surface area contributed by atoms with E-state index in [0.29, 0.717) is 5.92 Å². The van der Waals surface area contributed by atoms with Crippen LogP contribution in [0.15, 0.2) is 58.7 Å². The molecular formula is C21H34O. The van der Waals surface area contributed by atoms with Gasteiger partial charge in [-0.05, 0) is 51.5 Å². The van der Waals surface area contributed by atoms with Crippen LogP contribution in [0.25, 0.3) is 0 Å². The van der Waals surface area contributed by atoms with E-state index in [1.54, 1.807) is 11.6 Å². The number of aliphatic hydroxyl groups excluding tert-OH is 1. The van der Waals surface area contributed by atoms with Gasteiger partial charge in [-0.3, -0.25) is 0 Å². The zero-order chi connectivity index (χ0) is 17.0. The van der Waals surface area contributed by atoms with Crippen molar-refractivity contribution in [2.24, 2.45) is 5.92 Å². The van der Waals surface area contributed by atoms with Gasteiger partial charge in [0.2, 0.25) is 0 Å². The number of hydrogen-bond acceptors (Lipinski definition) is 1. The van der Waals surface area contributed by atoms with E-state index in [0.717, 1.165) is 5.57 Å². The van der Waals surface area contributed by atoms with Crippen LogP contribution < -0.4 is 0 Å². The van der Waals surface area contributed by atoms with Gasteiger partial charge >= 0.3 is 0 Å². The molecule has 0 fully saturated rings. The third-order valence-electron chi connectivity index (χ3n) is 3.87. The van der Waals surface area contributed by atoms with Crippen molar-refractivity contribution < 1.29 is 5.11 Å². The lowest BCUT2D eigenvalue weighted by molar-refractivity contribution is 0.342. The van der Waals surface area contributed by atoms with E-state index in [1.165, 1.54) is 30.4 Å². The molecule has 1 atom stereocenters. The summed E-state index contributed by atoms with van der Waals surface area (Å²) in [5.41, 5.74) is 5.39. The quantitative estimate of drug-likeness (QED) is 0.604. The predicted octanol–water partition coefficient (Wildman–Crippen LogP) is 6.15. The van der Waals surface area contributed by atoms with Gasteiger partial charge in [-0.2, -0.15) is 0 Å². The topological polar surface area (TPSA) is 20.2 Å². The van der Waals surface area contributed by atoms with Crippen LogP contribution in [0.5, 0.6) is 0 Å². The van der Waals surface area contributed by atoms with Gasteiger partial charge in [-0.1, -0.05) is 73.9 Å².